The topological polar surface area (TPSA) is 121 Å². The lowest BCUT2D eigenvalue weighted by Crippen LogP contribution is -2.40. The van der Waals surface area contributed by atoms with Gasteiger partial charge < -0.3 is 15.6 Å². The average molecular weight is 468 g/mol. The van der Waals surface area contributed by atoms with E-state index in [-0.39, 0.29) is 12.5 Å². The number of hydrogen-bond donors (Lipinski definition) is 2. The first kappa shape index (κ1) is 21.1. The molecular formula is C22H19ClFN7O2. The molecule has 0 bridgehead atoms. The van der Waals surface area contributed by atoms with E-state index in [1.807, 2.05) is 28.8 Å². The molecule has 3 N–H and O–H groups in total. The Kier molecular flexibility index (Phi) is 4.89. The number of fused-ring (bicyclic) bond motifs is 1. The molecule has 2 aromatic carbocycles. The van der Waals surface area contributed by atoms with Crippen molar-refractivity contribution in [1.29, 1.82) is 0 Å². The van der Waals surface area contributed by atoms with Gasteiger partial charge in [0.2, 0.25) is 17.6 Å². The van der Waals surface area contributed by atoms with Crippen LogP contribution in [-0.2, 0) is 23.2 Å². The fraction of sp³-hybridized carbons (Fsp3) is 0.227. The fourth-order valence-corrected chi connectivity index (χ4v) is 4.22. The van der Waals surface area contributed by atoms with E-state index in [0.29, 0.717) is 40.3 Å². The van der Waals surface area contributed by atoms with Crippen LogP contribution in [0.1, 0.15) is 18.4 Å². The highest BCUT2D eigenvalue weighted by Crippen LogP contribution is 2.45. The molecule has 0 spiro atoms. The molecule has 0 radical (unpaired) electrons. The monoisotopic (exact) mass is 467 g/mol. The van der Waals surface area contributed by atoms with Crippen LogP contribution < -0.4 is 11.1 Å². The minimum absolute atomic E-state index is 0.255. The van der Waals surface area contributed by atoms with Crippen LogP contribution in [0, 0.1) is 11.2 Å². The molecule has 1 saturated carbocycles. The van der Waals surface area contributed by atoms with Crippen LogP contribution in [0.5, 0.6) is 0 Å². The van der Waals surface area contributed by atoms with Gasteiger partial charge in [0.25, 0.3) is 0 Å². The molecule has 0 aliphatic heterocycles. The fourth-order valence-electron chi connectivity index (χ4n) is 3.90. The third kappa shape index (κ3) is 3.52. The van der Waals surface area contributed by atoms with Crippen molar-refractivity contribution in [3.8, 4) is 17.2 Å². The highest BCUT2D eigenvalue weighted by molar-refractivity contribution is 6.38. The van der Waals surface area contributed by atoms with Crippen molar-refractivity contribution in [2.45, 2.75) is 19.4 Å². The SMILES string of the molecule is Cn1nnc(-c2c(Cl)c3cc(F)ccc3n2-c2ccc(CNC(=O)C3(C(N)=O)CC3)cc2)n1. The zero-order valence-electron chi connectivity index (χ0n) is 17.5. The minimum Gasteiger partial charge on any atom is -0.369 e. The zero-order chi connectivity index (χ0) is 23.3. The average Bonchev–Trinajstić information content (AvgIpc) is 3.44. The van der Waals surface area contributed by atoms with Gasteiger partial charge in [0.15, 0.2) is 0 Å². The van der Waals surface area contributed by atoms with Gasteiger partial charge in [0.05, 0.1) is 17.6 Å². The molecule has 0 atom stereocenters. The molecule has 168 valence electrons. The van der Waals surface area contributed by atoms with Gasteiger partial charge in [-0.15, -0.1) is 10.2 Å². The highest BCUT2D eigenvalue weighted by Gasteiger charge is 2.55. The number of rotatable bonds is 6. The van der Waals surface area contributed by atoms with Crippen molar-refractivity contribution < 1.29 is 14.0 Å². The Morgan fingerprint density at radius 1 is 1.21 bits per heavy atom. The number of halogens is 2. The van der Waals surface area contributed by atoms with Crippen molar-refractivity contribution in [3.05, 3.63) is 58.9 Å². The van der Waals surface area contributed by atoms with Gasteiger partial charge >= 0.3 is 0 Å². The highest BCUT2D eigenvalue weighted by atomic mass is 35.5. The van der Waals surface area contributed by atoms with Gasteiger partial charge in [-0.2, -0.15) is 4.80 Å². The van der Waals surface area contributed by atoms with E-state index in [4.69, 9.17) is 17.3 Å². The van der Waals surface area contributed by atoms with Crippen molar-refractivity contribution >= 4 is 34.3 Å². The second kappa shape index (κ2) is 7.66. The molecule has 33 heavy (non-hydrogen) atoms. The van der Waals surface area contributed by atoms with Crippen LogP contribution in [0.15, 0.2) is 42.5 Å². The molecule has 2 heterocycles. The Balaban J connectivity index is 1.49. The molecule has 0 saturated heterocycles. The Morgan fingerprint density at radius 2 is 1.94 bits per heavy atom. The molecule has 4 aromatic rings. The zero-order valence-corrected chi connectivity index (χ0v) is 18.3. The van der Waals surface area contributed by atoms with Crippen molar-refractivity contribution in [2.24, 2.45) is 18.2 Å². The molecule has 2 aromatic heterocycles. The van der Waals surface area contributed by atoms with Crippen LogP contribution in [0.3, 0.4) is 0 Å². The van der Waals surface area contributed by atoms with Crippen molar-refractivity contribution in [1.82, 2.24) is 30.1 Å². The number of nitrogens with zero attached hydrogens (tertiary/aromatic N) is 5. The Bertz CT molecular complexity index is 1410. The summed E-state index contributed by atoms with van der Waals surface area (Å²) in [6, 6.07) is 11.8. The van der Waals surface area contributed by atoms with Crippen molar-refractivity contribution in [2.75, 3.05) is 0 Å². The lowest BCUT2D eigenvalue weighted by atomic mass is 10.1. The van der Waals surface area contributed by atoms with Crippen LogP contribution >= 0.6 is 11.6 Å². The second-order valence-electron chi connectivity index (χ2n) is 8.06. The van der Waals surface area contributed by atoms with Crippen LogP contribution in [-0.4, -0.2) is 36.6 Å². The normalized spacial score (nSPS) is 14.4. The number of primary amides is 1. The molecule has 0 unspecified atom stereocenters. The summed E-state index contributed by atoms with van der Waals surface area (Å²) >= 11 is 6.63. The number of aryl methyl sites for hydroxylation is 1. The third-order valence-electron chi connectivity index (χ3n) is 5.89. The van der Waals surface area contributed by atoms with E-state index < -0.39 is 17.1 Å². The maximum Gasteiger partial charge on any atom is 0.235 e. The summed E-state index contributed by atoms with van der Waals surface area (Å²) < 4.78 is 15.8. The maximum atomic E-state index is 13.9. The standard InChI is InChI=1S/C22H19ClFN7O2/c1-30-28-19(27-29-30)18-17(23)15-10-13(24)4-7-16(15)31(18)14-5-2-12(3-6-14)11-26-21(33)22(8-9-22)20(25)32/h2-7,10H,8-9,11H2,1H3,(H2,25,32)(H,26,33). The summed E-state index contributed by atoms with van der Waals surface area (Å²) in [4.78, 5) is 25.2. The number of hydrogen-bond acceptors (Lipinski definition) is 5. The van der Waals surface area contributed by atoms with Gasteiger partial charge in [-0.1, -0.05) is 23.7 Å². The van der Waals surface area contributed by atoms with Gasteiger partial charge in [-0.25, -0.2) is 4.39 Å². The summed E-state index contributed by atoms with van der Waals surface area (Å²) in [5.41, 5.74) is 7.04. The van der Waals surface area contributed by atoms with E-state index in [1.54, 1.807) is 13.1 Å². The summed E-state index contributed by atoms with van der Waals surface area (Å²) in [5, 5.41) is 15.8. The number of aromatic nitrogens is 5. The van der Waals surface area contributed by atoms with E-state index in [2.05, 4.69) is 20.7 Å². The largest absolute Gasteiger partial charge is 0.369 e. The summed E-state index contributed by atoms with van der Waals surface area (Å²) in [7, 11) is 1.64. The number of carbonyl (C=O) groups is 2. The number of benzene rings is 2. The number of nitrogens with one attached hydrogen (secondary N) is 1. The molecule has 11 heteroatoms. The van der Waals surface area contributed by atoms with Crippen molar-refractivity contribution in [3.63, 3.8) is 0 Å². The molecule has 1 aliphatic carbocycles. The first-order chi connectivity index (χ1) is 15.8. The quantitative estimate of drug-likeness (QED) is 0.422. The van der Waals surface area contributed by atoms with Gasteiger partial charge in [-0.05, 0) is 54.0 Å². The van der Waals surface area contributed by atoms with Crippen LogP contribution in [0.25, 0.3) is 28.1 Å². The Morgan fingerprint density at radius 3 is 2.55 bits per heavy atom. The van der Waals surface area contributed by atoms with E-state index in [9.17, 15) is 14.0 Å². The lowest BCUT2D eigenvalue weighted by molar-refractivity contribution is -0.135. The predicted octanol–water partition coefficient (Wildman–Crippen LogP) is 2.50. The first-order valence-corrected chi connectivity index (χ1v) is 10.6. The Labute approximate surface area is 192 Å². The Hall–Kier alpha value is -3.79. The summed E-state index contributed by atoms with van der Waals surface area (Å²) in [6.07, 6.45) is 0.961. The van der Waals surface area contributed by atoms with Gasteiger partial charge in [0, 0.05) is 17.6 Å². The smallest absolute Gasteiger partial charge is 0.235 e. The summed E-state index contributed by atoms with van der Waals surface area (Å²) in [6.45, 7) is 0.255. The number of tetrazole rings is 1. The molecular weight excluding hydrogens is 449 g/mol. The molecule has 5 rings (SSSR count). The van der Waals surface area contributed by atoms with Gasteiger partial charge in [-0.3, -0.25) is 9.59 Å². The molecule has 2 amide bonds. The van der Waals surface area contributed by atoms with E-state index in [1.165, 1.54) is 16.9 Å². The van der Waals surface area contributed by atoms with E-state index >= 15 is 0 Å². The summed E-state index contributed by atoms with van der Waals surface area (Å²) in [5.74, 6) is -1.04. The number of amides is 2. The van der Waals surface area contributed by atoms with Gasteiger partial charge in [0.1, 0.15) is 16.9 Å². The first-order valence-electron chi connectivity index (χ1n) is 10.2. The second-order valence-corrected chi connectivity index (χ2v) is 8.44. The molecule has 9 nitrogen and oxygen atoms in total. The van der Waals surface area contributed by atoms with Crippen LogP contribution in [0.4, 0.5) is 4.39 Å². The number of carbonyl (C=O) groups excluding carboxylic acids is 2. The third-order valence-corrected chi connectivity index (χ3v) is 6.27. The minimum atomic E-state index is -1.06. The maximum absolute atomic E-state index is 13.9. The van der Waals surface area contributed by atoms with Crippen LogP contribution in [0.2, 0.25) is 5.02 Å². The molecule has 1 fully saturated rings. The number of nitrogens with two attached hydrogens (primary N) is 1. The lowest BCUT2D eigenvalue weighted by Gasteiger charge is -2.13. The molecule has 1 aliphatic rings. The predicted molar refractivity (Wildman–Crippen MR) is 119 cm³/mol. The van der Waals surface area contributed by atoms with E-state index in [0.717, 1.165) is 11.3 Å².